The Morgan fingerprint density at radius 3 is 2.64 bits per heavy atom. The van der Waals surface area contributed by atoms with E-state index < -0.39 is 0 Å². The lowest BCUT2D eigenvalue weighted by Gasteiger charge is -2.38. The van der Waals surface area contributed by atoms with Gasteiger partial charge in [-0.2, -0.15) is 5.10 Å². The van der Waals surface area contributed by atoms with Gasteiger partial charge in [-0.1, -0.05) is 12.1 Å². The van der Waals surface area contributed by atoms with Gasteiger partial charge in [0.05, 0.1) is 18.9 Å². The van der Waals surface area contributed by atoms with Crippen LogP contribution in [-0.4, -0.2) is 40.5 Å². The number of benzene rings is 1. The van der Waals surface area contributed by atoms with Crippen LogP contribution in [0.5, 0.6) is 0 Å². The van der Waals surface area contributed by atoms with Crippen LogP contribution in [0.25, 0.3) is 0 Å². The highest BCUT2D eigenvalue weighted by molar-refractivity contribution is 5.17. The second-order valence-corrected chi connectivity index (χ2v) is 7.77. The fourth-order valence-electron chi connectivity index (χ4n) is 4.26. The van der Waals surface area contributed by atoms with Gasteiger partial charge >= 0.3 is 0 Å². The van der Waals surface area contributed by atoms with Gasteiger partial charge in [0.1, 0.15) is 5.82 Å². The molecule has 2 aromatic rings. The third kappa shape index (κ3) is 3.93. The van der Waals surface area contributed by atoms with Crippen molar-refractivity contribution in [3.8, 4) is 0 Å². The molecule has 25 heavy (non-hydrogen) atoms. The topological polar surface area (TPSA) is 30.3 Å². The molecule has 1 aromatic carbocycles. The Labute approximate surface area is 148 Å². The van der Waals surface area contributed by atoms with Gasteiger partial charge in [-0.3, -0.25) is 9.58 Å². The van der Waals surface area contributed by atoms with E-state index in [1.807, 2.05) is 30.1 Å². The number of piperidine rings is 1. The SMILES string of the molecule is Cn1cc(CN2CCC3(CC2)COC(Cc2ccc(F)cc2)C3)cn1. The van der Waals surface area contributed by atoms with Crippen molar-refractivity contribution in [3.05, 3.63) is 53.6 Å². The summed E-state index contributed by atoms with van der Waals surface area (Å²) >= 11 is 0. The number of halogens is 1. The molecule has 0 bridgehead atoms. The predicted octanol–water partition coefficient (Wildman–Crippen LogP) is 3.17. The monoisotopic (exact) mass is 343 g/mol. The van der Waals surface area contributed by atoms with E-state index in [1.54, 1.807) is 0 Å². The molecule has 0 N–H and O–H groups in total. The van der Waals surface area contributed by atoms with E-state index in [9.17, 15) is 4.39 Å². The predicted molar refractivity (Wildman–Crippen MR) is 94.6 cm³/mol. The van der Waals surface area contributed by atoms with Crippen LogP contribution in [0.1, 0.15) is 30.4 Å². The Kier molecular flexibility index (Phi) is 4.61. The van der Waals surface area contributed by atoms with Crippen LogP contribution in [-0.2, 0) is 24.8 Å². The van der Waals surface area contributed by atoms with Crippen LogP contribution in [0.3, 0.4) is 0 Å². The van der Waals surface area contributed by atoms with Gasteiger partial charge in [0.15, 0.2) is 0 Å². The summed E-state index contributed by atoms with van der Waals surface area (Å²) in [6.45, 7) is 4.12. The zero-order valence-corrected chi connectivity index (χ0v) is 14.8. The molecule has 2 aliphatic rings. The second kappa shape index (κ2) is 6.89. The number of nitrogens with zero attached hydrogens (tertiary/aromatic N) is 3. The van der Waals surface area contributed by atoms with Crippen molar-refractivity contribution in [1.82, 2.24) is 14.7 Å². The van der Waals surface area contributed by atoms with Gasteiger partial charge in [-0.15, -0.1) is 0 Å². The molecular weight excluding hydrogens is 317 g/mol. The molecular formula is C20H26FN3O. The Balaban J connectivity index is 1.29. The third-order valence-corrected chi connectivity index (χ3v) is 5.74. The molecule has 4 rings (SSSR count). The normalized spacial score (nSPS) is 23.4. The first-order valence-electron chi connectivity index (χ1n) is 9.16. The smallest absolute Gasteiger partial charge is 0.123 e. The molecule has 0 amide bonds. The van der Waals surface area contributed by atoms with Crippen LogP contribution < -0.4 is 0 Å². The van der Waals surface area contributed by atoms with Gasteiger partial charge < -0.3 is 4.74 Å². The minimum absolute atomic E-state index is 0.173. The fourth-order valence-corrected chi connectivity index (χ4v) is 4.26. The average molecular weight is 343 g/mol. The van der Waals surface area contributed by atoms with Crippen molar-refractivity contribution in [3.63, 3.8) is 0 Å². The molecule has 0 saturated carbocycles. The van der Waals surface area contributed by atoms with Crippen LogP contribution in [0.2, 0.25) is 0 Å². The first-order valence-corrected chi connectivity index (χ1v) is 9.16. The van der Waals surface area contributed by atoms with Crippen molar-refractivity contribution < 1.29 is 9.13 Å². The standard InChI is InChI=1S/C20H26FN3O/c1-23-13-17(12-22-23)14-24-8-6-20(7-9-24)11-19(25-15-20)10-16-2-4-18(21)5-3-16/h2-5,12-13,19H,6-11,14-15H2,1H3. The summed E-state index contributed by atoms with van der Waals surface area (Å²) in [5.41, 5.74) is 2.80. The number of aromatic nitrogens is 2. The molecule has 0 aliphatic carbocycles. The fraction of sp³-hybridized carbons (Fsp3) is 0.550. The van der Waals surface area contributed by atoms with Crippen molar-refractivity contribution in [2.45, 2.75) is 38.3 Å². The van der Waals surface area contributed by atoms with Gasteiger partial charge in [-0.25, -0.2) is 4.39 Å². The summed E-state index contributed by atoms with van der Waals surface area (Å²) in [7, 11) is 1.96. The number of hydrogen-bond donors (Lipinski definition) is 0. The van der Waals surface area contributed by atoms with Crippen LogP contribution in [0.15, 0.2) is 36.7 Å². The van der Waals surface area contributed by atoms with E-state index in [1.165, 1.54) is 30.5 Å². The maximum absolute atomic E-state index is 13.0. The van der Waals surface area contributed by atoms with E-state index in [0.717, 1.165) is 44.6 Å². The summed E-state index contributed by atoms with van der Waals surface area (Å²) in [6.07, 6.45) is 8.76. The lowest BCUT2D eigenvalue weighted by atomic mass is 9.76. The van der Waals surface area contributed by atoms with Crippen LogP contribution in [0, 0.1) is 11.2 Å². The zero-order valence-electron chi connectivity index (χ0n) is 14.8. The van der Waals surface area contributed by atoms with Crippen molar-refractivity contribution >= 4 is 0 Å². The molecule has 134 valence electrons. The molecule has 2 fully saturated rings. The minimum Gasteiger partial charge on any atom is -0.377 e. The summed E-state index contributed by atoms with van der Waals surface area (Å²) in [6, 6.07) is 6.83. The van der Waals surface area contributed by atoms with Gasteiger partial charge in [0.25, 0.3) is 0 Å². The molecule has 0 radical (unpaired) electrons. The van der Waals surface area contributed by atoms with E-state index >= 15 is 0 Å². The number of aryl methyl sites for hydroxylation is 1. The van der Waals surface area contributed by atoms with E-state index in [0.29, 0.717) is 5.41 Å². The first kappa shape index (κ1) is 16.7. The second-order valence-electron chi connectivity index (χ2n) is 7.77. The van der Waals surface area contributed by atoms with Crippen molar-refractivity contribution in [2.24, 2.45) is 12.5 Å². The minimum atomic E-state index is -0.173. The molecule has 2 aliphatic heterocycles. The van der Waals surface area contributed by atoms with Crippen molar-refractivity contribution in [1.29, 1.82) is 0 Å². The quantitative estimate of drug-likeness (QED) is 0.854. The molecule has 3 heterocycles. The van der Waals surface area contributed by atoms with Crippen LogP contribution in [0.4, 0.5) is 4.39 Å². The lowest BCUT2D eigenvalue weighted by molar-refractivity contribution is 0.0631. The molecule has 1 aromatic heterocycles. The maximum Gasteiger partial charge on any atom is 0.123 e. The highest BCUT2D eigenvalue weighted by Gasteiger charge is 2.42. The molecule has 4 nitrogen and oxygen atoms in total. The molecule has 1 atom stereocenters. The first-order chi connectivity index (χ1) is 12.1. The number of rotatable bonds is 4. The number of hydrogen-bond acceptors (Lipinski definition) is 3. The summed E-state index contributed by atoms with van der Waals surface area (Å²) in [5.74, 6) is -0.173. The van der Waals surface area contributed by atoms with E-state index in [-0.39, 0.29) is 11.9 Å². The average Bonchev–Trinajstić information content (AvgIpc) is 3.19. The zero-order chi connectivity index (χ0) is 17.3. The summed E-state index contributed by atoms with van der Waals surface area (Å²) in [4.78, 5) is 2.52. The van der Waals surface area contributed by atoms with Gasteiger partial charge in [-0.05, 0) is 61.9 Å². The lowest BCUT2D eigenvalue weighted by Crippen LogP contribution is -2.40. The van der Waals surface area contributed by atoms with E-state index in [4.69, 9.17) is 4.74 Å². The van der Waals surface area contributed by atoms with Gasteiger partial charge in [0, 0.05) is 25.4 Å². The largest absolute Gasteiger partial charge is 0.377 e. The third-order valence-electron chi connectivity index (χ3n) is 5.74. The Bertz CT molecular complexity index is 704. The highest BCUT2D eigenvalue weighted by Crippen LogP contribution is 2.42. The Hall–Kier alpha value is -1.72. The number of likely N-dealkylation sites (tertiary alicyclic amines) is 1. The van der Waals surface area contributed by atoms with Crippen molar-refractivity contribution in [2.75, 3.05) is 19.7 Å². The van der Waals surface area contributed by atoms with Gasteiger partial charge in [0.2, 0.25) is 0 Å². The summed E-state index contributed by atoms with van der Waals surface area (Å²) in [5, 5.41) is 4.25. The maximum atomic E-state index is 13.0. The molecule has 2 saturated heterocycles. The molecule has 1 spiro atoms. The van der Waals surface area contributed by atoms with Crippen LogP contribution >= 0.6 is 0 Å². The Morgan fingerprint density at radius 2 is 1.96 bits per heavy atom. The van der Waals surface area contributed by atoms with E-state index in [2.05, 4.69) is 16.2 Å². The Morgan fingerprint density at radius 1 is 1.20 bits per heavy atom. The molecule has 1 unspecified atom stereocenters. The summed E-state index contributed by atoms with van der Waals surface area (Å²) < 4.78 is 21.0. The number of ether oxygens (including phenoxy) is 1. The molecule has 5 heteroatoms. The highest BCUT2D eigenvalue weighted by atomic mass is 19.1.